The normalized spacial score (nSPS) is 13.4. The third-order valence-corrected chi connectivity index (χ3v) is 2.71. The molecule has 130 valence electrons. The summed E-state index contributed by atoms with van der Waals surface area (Å²) in [6, 6.07) is 0.181. The topological polar surface area (TPSA) is 70.8 Å². The van der Waals surface area contributed by atoms with Crippen LogP contribution in [0.5, 0.6) is 11.5 Å². The summed E-state index contributed by atoms with van der Waals surface area (Å²) in [5, 5.41) is 0. The SMILES string of the molecule is CCOC(=O)C(F)(F)[C@@H](N)c1cc(OC(F)(F)F)ccc1OC. The molecule has 0 unspecified atom stereocenters. The number of methoxy groups -OCH3 is 1. The molecule has 23 heavy (non-hydrogen) atoms. The molecule has 2 N–H and O–H groups in total. The van der Waals surface area contributed by atoms with Gasteiger partial charge in [-0.3, -0.25) is 0 Å². The van der Waals surface area contributed by atoms with Crippen molar-refractivity contribution in [2.45, 2.75) is 25.3 Å². The maximum absolute atomic E-state index is 14.0. The van der Waals surface area contributed by atoms with Gasteiger partial charge in [-0.25, -0.2) is 4.79 Å². The molecule has 1 aromatic rings. The first kappa shape index (κ1) is 18.9. The minimum absolute atomic E-state index is 0.226. The van der Waals surface area contributed by atoms with E-state index in [2.05, 4.69) is 9.47 Å². The fourth-order valence-electron chi connectivity index (χ4n) is 1.70. The van der Waals surface area contributed by atoms with Crippen LogP contribution in [-0.2, 0) is 9.53 Å². The quantitative estimate of drug-likeness (QED) is 0.635. The van der Waals surface area contributed by atoms with Crippen LogP contribution in [0.1, 0.15) is 18.5 Å². The lowest BCUT2D eigenvalue weighted by Crippen LogP contribution is -2.42. The minimum atomic E-state index is -5.01. The van der Waals surface area contributed by atoms with Crippen molar-refractivity contribution in [3.8, 4) is 11.5 Å². The number of benzene rings is 1. The van der Waals surface area contributed by atoms with Crippen LogP contribution >= 0.6 is 0 Å². The highest BCUT2D eigenvalue weighted by atomic mass is 19.4. The molecule has 0 amide bonds. The van der Waals surface area contributed by atoms with Crippen molar-refractivity contribution in [2.75, 3.05) is 13.7 Å². The van der Waals surface area contributed by atoms with Crippen molar-refractivity contribution in [1.82, 2.24) is 0 Å². The molecular weight excluding hydrogens is 329 g/mol. The second-order valence-corrected chi connectivity index (χ2v) is 4.27. The maximum Gasteiger partial charge on any atom is 0.573 e. The summed E-state index contributed by atoms with van der Waals surface area (Å²) in [6.07, 6.45) is -5.01. The molecule has 0 aliphatic rings. The van der Waals surface area contributed by atoms with E-state index in [9.17, 15) is 26.7 Å². The molecule has 0 aliphatic carbocycles. The fraction of sp³-hybridized carbons (Fsp3) is 0.462. The average Bonchev–Trinajstić information content (AvgIpc) is 2.44. The van der Waals surface area contributed by atoms with Gasteiger partial charge in [-0.05, 0) is 25.1 Å². The van der Waals surface area contributed by atoms with Gasteiger partial charge in [-0.15, -0.1) is 13.2 Å². The predicted octanol–water partition coefficient (Wildman–Crippen LogP) is 2.79. The first-order valence-electron chi connectivity index (χ1n) is 6.27. The van der Waals surface area contributed by atoms with Crippen molar-refractivity contribution < 1.29 is 41.0 Å². The zero-order chi connectivity index (χ0) is 17.8. The van der Waals surface area contributed by atoms with Crippen LogP contribution in [0.25, 0.3) is 0 Å². The van der Waals surface area contributed by atoms with Crippen LogP contribution in [0.2, 0.25) is 0 Å². The van der Waals surface area contributed by atoms with E-state index in [0.717, 1.165) is 19.2 Å². The lowest BCUT2D eigenvalue weighted by molar-refractivity contribution is -0.274. The molecular formula is C13H14F5NO4. The van der Waals surface area contributed by atoms with Crippen molar-refractivity contribution in [3.05, 3.63) is 23.8 Å². The summed E-state index contributed by atoms with van der Waals surface area (Å²) < 4.78 is 77.2. The number of carbonyl (C=O) groups is 1. The largest absolute Gasteiger partial charge is 0.573 e. The van der Waals surface area contributed by atoms with Gasteiger partial charge in [0.1, 0.15) is 17.5 Å². The van der Waals surface area contributed by atoms with E-state index in [1.807, 2.05) is 0 Å². The van der Waals surface area contributed by atoms with Crippen molar-refractivity contribution in [1.29, 1.82) is 0 Å². The van der Waals surface area contributed by atoms with E-state index < -0.39 is 35.6 Å². The maximum atomic E-state index is 14.0. The number of esters is 1. The second-order valence-electron chi connectivity index (χ2n) is 4.27. The zero-order valence-corrected chi connectivity index (χ0v) is 12.1. The lowest BCUT2D eigenvalue weighted by Gasteiger charge is -2.24. The van der Waals surface area contributed by atoms with E-state index in [-0.39, 0.29) is 12.4 Å². The second kappa shape index (κ2) is 6.99. The third-order valence-electron chi connectivity index (χ3n) is 2.71. The van der Waals surface area contributed by atoms with Gasteiger partial charge in [-0.1, -0.05) is 0 Å². The molecule has 0 aliphatic heterocycles. The van der Waals surface area contributed by atoms with Gasteiger partial charge in [0.15, 0.2) is 0 Å². The Labute approximate surface area is 128 Å². The summed E-state index contributed by atoms with van der Waals surface area (Å²) in [5.74, 6) is -7.06. The molecule has 0 saturated heterocycles. The third kappa shape index (κ3) is 4.68. The highest BCUT2D eigenvalue weighted by Crippen LogP contribution is 2.38. The van der Waals surface area contributed by atoms with Gasteiger partial charge >= 0.3 is 18.3 Å². The van der Waals surface area contributed by atoms with E-state index in [0.29, 0.717) is 6.07 Å². The Hall–Kier alpha value is -2.10. The summed E-state index contributed by atoms with van der Waals surface area (Å²) in [5.41, 5.74) is 4.81. The molecule has 0 heterocycles. The predicted molar refractivity (Wildman–Crippen MR) is 68.2 cm³/mol. The fourth-order valence-corrected chi connectivity index (χ4v) is 1.70. The number of carbonyl (C=O) groups excluding carboxylic acids is 1. The Kier molecular flexibility index (Phi) is 5.75. The van der Waals surface area contributed by atoms with Crippen LogP contribution in [0.4, 0.5) is 22.0 Å². The molecule has 1 aromatic carbocycles. The van der Waals surface area contributed by atoms with Crippen molar-refractivity contribution in [3.63, 3.8) is 0 Å². The number of rotatable bonds is 6. The van der Waals surface area contributed by atoms with Gasteiger partial charge in [0.2, 0.25) is 0 Å². The summed E-state index contributed by atoms with van der Waals surface area (Å²) in [7, 11) is 1.11. The van der Waals surface area contributed by atoms with E-state index >= 15 is 0 Å². The standard InChI is InChI=1S/C13H14F5NO4/c1-3-22-11(20)12(14,15)10(19)8-6-7(23-13(16,17)18)4-5-9(8)21-2/h4-6,10H,3,19H2,1-2H3/t10-/m0/s1. The minimum Gasteiger partial charge on any atom is -0.496 e. The Morgan fingerprint density at radius 2 is 1.87 bits per heavy atom. The smallest absolute Gasteiger partial charge is 0.496 e. The van der Waals surface area contributed by atoms with Crippen LogP contribution in [0.15, 0.2) is 18.2 Å². The number of ether oxygens (including phenoxy) is 3. The highest BCUT2D eigenvalue weighted by Gasteiger charge is 2.49. The number of alkyl halides is 5. The molecule has 0 aromatic heterocycles. The first-order valence-corrected chi connectivity index (χ1v) is 6.27. The number of nitrogens with two attached hydrogens (primary N) is 1. The molecule has 5 nitrogen and oxygen atoms in total. The van der Waals surface area contributed by atoms with Crippen molar-refractivity contribution >= 4 is 5.97 Å². The molecule has 0 radical (unpaired) electrons. The summed E-state index contributed by atoms with van der Waals surface area (Å²) in [4.78, 5) is 11.3. The first-order chi connectivity index (χ1) is 10.5. The lowest BCUT2D eigenvalue weighted by atomic mass is 10.00. The monoisotopic (exact) mass is 343 g/mol. The Bertz CT molecular complexity index is 562. The molecule has 0 fully saturated rings. The van der Waals surface area contributed by atoms with Gasteiger partial charge in [0.05, 0.1) is 13.7 Å². The van der Waals surface area contributed by atoms with E-state index in [4.69, 9.17) is 10.5 Å². The molecule has 1 rings (SSSR count). The van der Waals surface area contributed by atoms with Crippen LogP contribution < -0.4 is 15.2 Å². The van der Waals surface area contributed by atoms with Gasteiger partial charge in [-0.2, -0.15) is 8.78 Å². The van der Waals surface area contributed by atoms with Gasteiger partial charge in [0, 0.05) is 5.56 Å². The Morgan fingerprint density at radius 1 is 1.26 bits per heavy atom. The van der Waals surface area contributed by atoms with E-state index in [1.165, 1.54) is 6.92 Å². The molecule has 10 heteroatoms. The Morgan fingerprint density at radius 3 is 2.35 bits per heavy atom. The molecule has 0 bridgehead atoms. The number of hydrogen-bond donors (Lipinski definition) is 1. The number of hydrogen-bond acceptors (Lipinski definition) is 5. The summed E-state index contributed by atoms with van der Waals surface area (Å²) >= 11 is 0. The Balaban J connectivity index is 3.22. The molecule has 0 saturated carbocycles. The van der Waals surface area contributed by atoms with Crippen LogP contribution in [-0.4, -0.2) is 32.0 Å². The summed E-state index contributed by atoms with van der Waals surface area (Å²) in [6.45, 7) is 1.01. The highest BCUT2D eigenvalue weighted by molar-refractivity contribution is 5.79. The van der Waals surface area contributed by atoms with Crippen LogP contribution in [0, 0.1) is 0 Å². The van der Waals surface area contributed by atoms with Crippen molar-refractivity contribution in [2.24, 2.45) is 5.73 Å². The van der Waals surface area contributed by atoms with Gasteiger partial charge in [0.25, 0.3) is 0 Å². The molecule has 0 spiro atoms. The van der Waals surface area contributed by atoms with Crippen LogP contribution in [0.3, 0.4) is 0 Å². The molecule has 1 atom stereocenters. The zero-order valence-electron chi connectivity index (χ0n) is 12.1. The number of halogens is 5. The van der Waals surface area contributed by atoms with Gasteiger partial charge < -0.3 is 19.9 Å². The van der Waals surface area contributed by atoms with E-state index in [1.54, 1.807) is 0 Å². The average molecular weight is 343 g/mol.